The lowest BCUT2D eigenvalue weighted by molar-refractivity contribution is -0.119. The van der Waals surface area contributed by atoms with Crippen LogP contribution >= 0.6 is 23.1 Å². The molecule has 4 atom stereocenters. The van der Waals surface area contributed by atoms with Gasteiger partial charge in [0, 0.05) is 12.6 Å². The van der Waals surface area contributed by atoms with Gasteiger partial charge in [0.05, 0.1) is 5.75 Å². The molecule has 2 bridgehead atoms. The van der Waals surface area contributed by atoms with Crippen molar-refractivity contribution in [2.24, 2.45) is 23.7 Å². The van der Waals surface area contributed by atoms with Gasteiger partial charge in [-0.3, -0.25) is 4.79 Å². The van der Waals surface area contributed by atoms with Crippen molar-refractivity contribution in [1.82, 2.24) is 15.5 Å². The molecule has 1 heterocycles. The Morgan fingerprint density at radius 1 is 1.29 bits per heavy atom. The molecule has 2 N–H and O–H groups in total. The van der Waals surface area contributed by atoms with Crippen molar-refractivity contribution in [3.63, 3.8) is 0 Å². The van der Waals surface area contributed by atoms with E-state index in [4.69, 9.17) is 0 Å². The SMILES string of the molecule is CC(C)CNc1nnc(SCC(=O)NC(C)C2CC3CCC2C3)s1. The molecule has 4 unspecified atom stereocenters. The van der Waals surface area contributed by atoms with Crippen molar-refractivity contribution < 1.29 is 4.79 Å². The fraction of sp³-hybridized carbons (Fsp3) is 0.824. The van der Waals surface area contributed by atoms with Crippen molar-refractivity contribution in [3.8, 4) is 0 Å². The van der Waals surface area contributed by atoms with Crippen molar-refractivity contribution in [2.45, 2.75) is 56.8 Å². The summed E-state index contributed by atoms with van der Waals surface area (Å²) in [7, 11) is 0. The molecular formula is C17H28N4OS2. The van der Waals surface area contributed by atoms with Gasteiger partial charge in [0.1, 0.15) is 0 Å². The van der Waals surface area contributed by atoms with E-state index in [0.29, 0.717) is 23.6 Å². The molecule has 24 heavy (non-hydrogen) atoms. The maximum Gasteiger partial charge on any atom is 0.230 e. The zero-order chi connectivity index (χ0) is 17.1. The monoisotopic (exact) mass is 368 g/mol. The van der Waals surface area contributed by atoms with Gasteiger partial charge in [-0.25, -0.2) is 0 Å². The Balaban J connectivity index is 1.39. The molecule has 7 heteroatoms. The first-order valence-corrected chi connectivity index (χ1v) is 10.8. The van der Waals surface area contributed by atoms with E-state index in [9.17, 15) is 4.79 Å². The smallest absolute Gasteiger partial charge is 0.230 e. The third kappa shape index (κ3) is 4.63. The van der Waals surface area contributed by atoms with Gasteiger partial charge >= 0.3 is 0 Å². The van der Waals surface area contributed by atoms with E-state index in [1.165, 1.54) is 48.8 Å². The average Bonchev–Trinajstić information content (AvgIpc) is 3.27. The van der Waals surface area contributed by atoms with E-state index in [-0.39, 0.29) is 5.91 Å². The summed E-state index contributed by atoms with van der Waals surface area (Å²) in [5.41, 5.74) is 0. The standard InChI is InChI=1S/C17H28N4OS2/c1-10(2)8-18-16-20-21-17(24-16)23-9-15(22)19-11(3)14-7-12-4-5-13(14)6-12/h10-14H,4-9H2,1-3H3,(H,18,20)(H,19,22). The highest BCUT2D eigenvalue weighted by Gasteiger charge is 2.42. The molecule has 1 amide bonds. The molecule has 2 aliphatic rings. The molecule has 3 rings (SSSR count). The summed E-state index contributed by atoms with van der Waals surface area (Å²) < 4.78 is 0.851. The number of nitrogens with one attached hydrogen (secondary N) is 2. The summed E-state index contributed by atoms with van der Waals surface area (Å²) in [6, 6.07) is 0.297. The molecule has 134 valence electrons. The topological polar surface area (TPSA) is 66.9 Å². The Hall–Kier alpha value is -0.820. The zero-order valence-electron chi connectivity index (χ0n) is 14.7. The molecule has 2 fully saturated rings. The van der Waals surface area contributed by atoms with Crippen molar-refractivity contribution in [3.05, 3.63) is 0 Å². The van der Waals surface area contributed by atoms with Gasteiger partial charge < -0.3 is 10.6 Å². The maximum atomic E-state index is 12.2. The minimum atomic E-state index is 0.113. The Morgan fingerprint density at radius 3 is 2.79 bits per heavy atom. The van der Waals surface area contributed by atoms with Gasteiger partial charge in [-0.05, 0) is 49.9 Å². The first-order chi connectivity index (χ1) is 11.5. The average molecular weight is 369 g/mol. The van der Waals surface area contributed by atoms with Gasteiger partial charge in [-0.2, -0.15) is 0 Å². The molecule has 0 spiro atoms. The minimum Gasteiger partial charge on any atom is -0.360 e. The van der Waals surface area contributed by atoms with Crippen LogP contribution in [0.1, 0.15) is 46.5 Å². The summed E-state index contributed by atoms with van der Waals surface area (Å²) in [5.74, 6) is 3.56. The summed E-state index contributed by atoms with van der Waals surface area (Å²) in [5, 5.41) is 15.6. The van der Waals surface area contributed by atoms with Crippen LogP contribution < -0.4 is 10.6 Å². The Morgan fingerprint density at radius 2 is 2.12 bits per heavy atom. The molecule has 1 aromatic rings. The van der Waals surface area contributed by atoms with Crippen LogP contribution in [-0.2, 0) is 4.79 Å². The van der Waals surface area contributed by atoms with Crippen LogP contribution in [0.2, 0.25) is 0 Å². The van der Waals surface area contributed by atoms with Crippen LogP contribution in [-0.4, -0.2) is 34.4 Å². The number of amides is 1. The lowest BCUT2D eigenvalue weighted by Crippen LogP contribution is -2.40. The van der Waals surface area contributed by atoms with Crippen LogP contribution in [0.3, 0.4) is 0 Å². The Bertz CT molecular complexity index is 563. The maximum absolute atomic E-state index is 12.2. The molecular weight excluding hydrogens is 340 g/mol. The normalized spacial score (nSPS) is 26.8. The Labute approximate surface area is 152 Å². The third-order valence-corrected chi connectivity index (χ3v) is 7.23. The minimum absolute atomic E-state index is 0.113. The van der Waals surface area contributed by atoms with Crippen LogP contribution in [0.4, 0.5) is 5.13 Å². The number of carbonyl (C=O) groups is 1. The summed E-state index contributed by atoms with van der Waals surface area (Å²) in [6.45, 7) is 7.38. The molecule has 2 saturated carbocycles. The first kappa shape index (κ1) is 18.0. The Kier molecular flexibility index (Phi) is 6.02. The number of rotatable bonds is 8. The number of hydrogen-bond acceptors (Lipinski definition) is 6. The van der Waals surface area contributed by atoms with Gasteiger partial charge in [0.2, 0.25) is 11.0 Å². The van der Waals surface area contributed by atoms with Crippen LogP contribution in [0, 0.1) is 23.7 Å². The first-order valence-electron chi connectivity index (χ1n) is 9.00. The number of nitrogens with zero attached hydrogens (tertiary/aromatic N) is 2. The van der Waals surface area contributed by atoms with Crippen LogP contribution in [0.25, 0.3) is 0 Å². The van der Waals surface area contributed by atoms with E-state index < -0.39 is 0 Å². The lowest BCUT2D eigenvalue weighted by Gasteiger charge is -2.28. The summed E-state index contributed by atoms with van der Waals surface area (Å²) in [6.07, 6.45) is 5.46. The highest BCUT2D eigenvalue weighted by atomic mass is 32.2. The number of hydrogen-bond donors (Lipinski definition) is 2. The number of aromatic nitrogens is 2. The van der Waals surface area contributed by atoms with Crippen LogP contribution in [0.15, 0.2) is 4.34 Å². The van der Waals surface area contributed by atoms with Gasteiger partial charge in [0.25, 0.3) is 0 Å². The number of fused-ring (bicyclic) bond motifs is 2. The molecule has 0 aliphatic heterocycles. The number of anilines is 1. The van der Waals surface area contributed by atoms with Crippen LogP contribution in [0.5, 0.6) is 0 Å². The number of thioether (sulfide) groups is 1. The van der Waals surface area contributed by atoms with Crippen molar-refractivity contribution in [1.29, 1.82) is 0 Å². The molecule has 0 radical (unpaired) electrons. The third-order valence-electron chi connectivity index (χ3n) is 5.22. The second-order valence-corrected chi connectivity index (χ2v) is 9.83. The largest absolute Gasteiger partial charge is 0.360 e. The second kappa shape index (κ2) is 8.04. The van der Waals surface area contributed by atoms with Crippen molar-refractivity contribution >= 4 is 34.1 Å². The predicted molar refractivity (Wildman–Crippen MR) is 101 cm³/mol. The van der Waals surface area contributed by atoms with Crippen molar-refractivity contribution in [2.75, 3.05) is 17.6 Å². The predicted octanol–water partition coefficient (Wildman–Crippen LogP) is 3.64. The molecule has 0 aromatic carbocycles. The number of carbonyl (C=O) groups excluding carboxylic acids is 1. The molecule has 0 saturated heterocycles. The molecule has 5 nitrogen and oxygen atoms in total. The zero-order valence-corrected chi connectivity index (χ0v) is 16.4. The van der Waals surface area contributed by atoms with E-state index in [1.54, 1.807) is 0 Å². The fourth-order valence-electron chi connectivity index (χ4n) is 4.07. The molecule has 1 aromatic heterocycles. The highest BCUT2D eigenvalue weighted by molar-refractivity contribution is 8.01. The van der Waals surface area contributed by atoms with Gasteiger partial charge in [0.15, 0.2) is 4.34 Å². The van der Waals surface area contributed by atoms with Gasteiger partial charge in [-0.15, -0.1) is 10.2 Å². The van der Waals surface area contributed by atoms with E-state index in [1.807, 2.05) is 0 Å². The lowest BCUT2D eigenvalue weighted by atomic mass is 9.84. The summed E-state index contributed by atoms with van der Waals surface area (Å²) in [4.78, 5) is 12.2. The summed E-state index contributed by atoms with van der Waals surface area (Å²) >= 11 is 3.00. The molecule has 2 aliphatic carbocycles. The van der Waals surface area contributed by atoms with E-state index >= 15 is 0 Å². The van der Waals surface area contributed by atoms with Gasteiger partial charge in [-0.1, -0.05) is 43.4 Å². The fourth-order valence-corrected chi connectivity index (χ4v) is 5.64. The van der Waals surface area contributed by atoms with E-state index in [2.05, 4.69) is 41.6 Å². The quantitative estimate of drug-likeness (QED) is 0.686. The van der Waals surface area contributed by atoms with E-state index in [0.717, 1.165) is 27.9 Å². The highest BCUT2D eigenvalue weighted by Crippen LogP contribution is 2.49. The second-order valence-electron chi connectivity index (χ2n) is 7.63.